The Balaban J connectivity index is 2.81. The molecular formula is C18H26N2O4. The molecule has 132 valence electrons. The van der Waals surface area contributed by atoms with Crippen LogP contribution in [0.25, 0.3) is 0 Å². The molecule has 0 saturated heterocycles. The van der Waals surface area contributed by atoms with Crippen LogP contribution in [0, 0.1) is 12.8 Å². The van der Waals surface area contributed by atoms with Crippen molar-refractivity contribution in [2.75, 3.05) is 5.32 Å². The van der Waals surface area contributed by atoms with Gasteiger partial charge in [-0.1, -0.05) is 27.2 Å². The van der Waals surface area contributed by atoms with Gasteiger partial charge in [-0.05, 0) is 43.0 Å². The predicted octanol–water partition coefficient (Wildman–Crippen LogP) is 2.96. The largest absolute Gasteiger partial charge is 0.480 e. The highest BCUT2D eigenvalue weighted by Gasteiger charge is 2.20. The van der Waals surface area contributed by atoms with Crippen molar-refractivity contribution < 1.29 is 19.5 Å². The summed E-state index contributed by atoms with van der Waals surface area (Å²) < 4.78 is 0. The molecule has 1 aromatic carbocycles. The molecule has 0 aliphatic rings. The van der Waals surface area contributed by atoms with Crippen LogP contribution in [-0.4, -0.2) is 28.9 Å². The summed E-state index contributed by atoms with van der Waals surface area (Å²) in [6.45, 7) is 7.59. The smallest absolute Gasteiger partial charge is 0.326 e. The Morgan fingerprint density at radius 2 is 1.88 bits per heavy atom. The fourth-order valence-electron chi connectivity index (χ4n) is 2.30. The lowest BCUT2D eigenvalue weighted by Gasteiger charge is -2.15. The zero-order valence-electron chi connectivity index (χ0n) is 14.7. The van der Waals surface area contributed by atoms with Crippen LogP contribution in [0.15, 0.2) is 18.2 Å². The van der Waals surface area contributed by atoms with Gasteiger partial charge in [-0.25, -0.2) is 4.79 Å². The first-order valence-electron chi connectivity index (χ1n) is 8.18. The summed E-state index contributed by atoms with van der Waals surface area (Å²) in [6.07, 6.45) is 1.47. The van der Waals surface area contributed by atoms with Crippen molar-refractivity contribution in [2.45, 2.75) is 53.0 Å². The van der Waals surface area contributed by atoms with Gasteiger partial charge in [-0.15, -0.1) is 0 Å². The summed E-state index contributed by atoms with van der Waals surface area (Å²) in [5.41, 5.74) is 1.78. The number of rotatable bonds is 8. The number of hydrogen-bond acceptors (Lipinski definition) is 3. The molecular weight excluding hydrogens is 308 g/mol. The van der Waals surface area contributed by atoms with Gasteiger partial charge in [0.05, 0.1) is 0 Å². The predicted molar refractivity (Wildman–Crippen MR) is 93.1 cm³/mol. The molecule has 0 bridgehead atoms. The van der Waals surface area contributed by atoms with E-state index in [9.17, 15) is 14.4 Å². The van der Waals surface area contributed by atoms with Gasteiger partial charge in [0.25, 0.3) is 5.91 Å². The Morgan fingerprint density at radius 1 is 1.21 bits per heavy atom. The van der Waals surface area contributed by atoms with E-state index in [4.69, 9.17) is 5.11 Å². The number of carboxylic acids is 1. The Labute approximate surface area is 142 Å². The number of carboxylic acid groups (broad SMARTS) is 1. The fourth-order valence-corrected chi connectivity index (χ4v) is 2.30. The van der Waals surface area contributed by atoms with Crippen molar-refractivity contribution in [2.24, 2.45) is 5.92 Å². The van der Waals surface area contributed by atoms with Gasteiger partial charge in [0.15, 0.2) is 0 Å². The van der Waals surface area contributed by atoms with Gasteiger partial charge in [0.2, 0.25) is 5.91 Å². The average molecular weight is 334 g/mol. The summed E-state index contributed by atoms with van der Waals surface area (Å²) in [7, 11) is 0. The molecule has 6 nitrogen and oxygen atoms in total. The number of carbonyl (C=O) groups excluding carboxylic acids is 2. The summed E-state index contributed by atoms with van der Waals surface area (Å²) in [5, 5.41) is 14.5. The van der Waals surface area contributed by atoms with E-state index in [1.54, 1.807) is 25.1 Å². The van der Waals surface area contributed by atoms with Gasteiger partial charge >= 0.3 is 5.97 Å². The maximum Gasteiger partial charge on any atom is 0.326 e. The maximum atomic E-state index is 12.2. The summed E-state index contributed by atoms with van der Waals surface area (Å²) in [6, 6.07) is 4.00. The molecule has 2 amide bonds. The molecule has 0 spiro atoms. The van der Waals surface area contributed by atoms with E-state index in [0.717, 1.165) is 5.56 Å². The van der Waals surface area contributed by atoms with Crippen LogP contribution >= 0.6 is 0 Å². The molecule has 0 fully saturated rings. The van der Waals surface area contributed by atoms with Gasteiger partial charge in [-0.2, -0.15) is 0 Å². The minimum Gasteiger partial charge on any atom is -0.480 e. The molecule has 1 atom stereocenters. The molecule has 24 heavy (non-hydrogen) atoms. The first kappa shape index (κ1) is 19.7. The van der Waals surface area contributed by atoms with E-state index in [1.165, 1.54) is 0 Å². The third-order valence-corrected chi connectivity index (χ3v) is 3.54. The van der Waals surface area contributed by atoms with E-state index >= 15 is 0 Å². The van der Waals surface area contributed by atoms with Crippen molar-refractivity contribution in [3.05, 3.63) is 29.3 Å². The summed E-state index contributed by atoms with van der Waals surface area (Å²) in [5.74, 6) is -1.28. The van der Waals surface area contributed by atoms with Crippen LogP contribution in [0.4, 0.5) is 5.69 Å². The molecule has 1 aromatic rings. The lowest BCUT2D eigenvalue weighted by molar-refractivity contribution is -0.139. The highest BCUT2D eigenvalue weighted by atomic mass is 16.4. The number of amides is 2. The molecule has 0 saturated carbocycles. The SMILES string of the molecule is CCCC(NC(=O)c1ccc(NC(=O)CC(C)C)c(C)c1)C(=O)O. The van der Waals surface area contributed by atoms with Crippen LogP contribution in [0.2, 0.25) is 0 Å². The number of anilines is 1. The van der Waals surface area contributed by atoms with Crippen molar-refractivity contribution >= 4 is 23.5 Å². The molecule has 0 aliphatic carbocycles. The van der Waals surface area contributed by atoms with E-state index in [-0.39, 0.29) is 11.8 Å². The van der Waals surface area contributed by atoms with Crippen LogP contribution in [0.3, 0.4) is 0 Å². The van der Waals surface area contributed by atoms with Crippen molar-refractivity contribution in [3.63, 3.8) is 0 Å². The number of carbonyl (C=O) groups is 3. The summed E-state index contributed by atoms with van der Waals surface area (Å²) in [4.78, 5) is 35.2. The Kier molecular flexibility index (Phi) is 7.42. The Hall–Kier alpha value is -2.37. The van der Waals surface area contributed by atoms with Crippen LogP contribution < -0.4 is 10.6 Å². The molecule has 6 heteroatoms. The minimum atomic E-state index is -1.04. The second kappa shape index (κ2) is 9.05. The minimum absolute atomic E-state index is 0.0702. The standard InChI is InChI=1S/C18H26N2O4/c1-5-6-15(18(23)24)20-17(22)13-7-8-14(12(4)10-13)19-16(21)9-11(2)3/h7-8,10-11,15H,5-6,9H2,1-4H3,(H,19,21)(H,20,22)(H,23,24). The Bertz CT molecular complexity index is 611. The van der Waals surface area contributed by atoms with E-state index < -0.39 is 17.9 Å². The topological polar surface area (TPSA) is 95.5 Å². The molecule has 1 unspecified atom stereocenters. The molecule has 1 rings (SSSR count). The van der Waals surface area contributed by atoms with Crippen molar-refractivity contribution in [1.82, 2.24) is 5.32 Å². The average Bonchev–Trinajstić information content (AvgIpc) is 2.47. The number of aliphatic carboxylic acids is 1. The number of benzene rings is 1. The third kappa shape index (κ3) is 6.02. The number of hydrogen-bond donors (Lipinski definition) is 3. The quantitative estimate of drug-likeness (QED) is 0.681. The second-order valence-electron chi connectivity index (χ2n) is 6.33. The molecule has 0 aliphatic heterocycles. The van der Waals surface area contributed by atoms with Crippen LogP contribution in [-0.2, 0) is 9.59 Å². The van der Waals surface area contributed by atoms with Gasteiger partial charge in [0.1, 0.15) is 6.04 Å². The zero-order chi connectivity index (χ0) is 18.3. The molecule has 0 heterocycles. The van der Waals surface area contributed by atoms with E-state index in [0.29, 0.717) is 30.5 Å². The normalized spacial score (nSPS) is 11.9. The summed E-state index contributed by atoms with van der Waals surface area (Å²) >= 11 is 0. The monoisotopic (exact) mass is 334 g/mol. The highest BCUT2D eigenvalue weighted by Crippen LogP contribution is 2.18. The first-order valence-corrected chi connectivity index (χ1v) is 8.18. The molecule has 0 radical (unpaired) electrons. The molecule has 3 N–H and O–H groups in total. The highest BCUT2D eigenvalue weighted by molar-refractivity contribution is 5.98. The maximum absolute atomic E-state index is 12.2. The van der Waals surface area contributed by atoms with Crippen molar-refractivity contribution in [1.29, 1.82) is 0 Å². The third-order valence-electron chi connectivity index (χ3n) is 3.54. The van der Waals surface area contributed by atoms with Crippen LogP contribution in [0.5, 0.6) is 0 Å². The molecule has 0 aromatic heterocycles. The lowest BCUT2D eigenvalue weighted by atomic mass is 10.1. The van der Waals surface area contributed by atoms with Crippen molar-refractivity contribution in [3.8, 4) is 0 Å². The van der Waals surface area contributed by atoms with Gasteiger partial charge < -0.3 is 15.7 Å². The Morgan fingerprint density at radius 3 is 2.38 bits per heavy atom. The van der Waals surface area contributed by atoms with Gasteiger partial charge in [0, 0.05) is 17.7 Å². The van der Waals surface area contributed by atoms with Crippen LogP contribution in [0.1, 0.15) is 56.0 Å². The van der Waals surface area contributed by atoms with E-state index in [1.807, 2.05) is 20.8 Å². The zero-order valence-corrected chi connectivity index (χ0v) is 14.7. The van der Waals surface area contributed by atoms with Gasteiger partial charge in [-0.3, -0.25) is 9.59 Å². The lowest BCUT2D eigenvalue weighted by Crippen LogP contribution is -2.40. The number of nitrogens with one attached hydrogen (secondary N) is 2. The fraction of sp³-hybridized carbons (Fsp3) is 0.500. The number of aryl methyl sites for hydroxylation is 1. The second-order valence-corrected chi connectivity index (χ2v) is 6.33. The first-order chi connectivity index (χ1) is 11.2. The van der Waals surface area contributed by atoms with E-state index in [2.05, 4.69) is 10.6 Å².